The Kier molecular flexibility index (Phi) is 13.8. The Balaban J connectivity index is 0.961. The van der Waals surface area contributed by atoms with E-state index in [9.17, 15) is 18.8 Å². The van der Waals surface area contributed by atoms with E-state index in [-0.39, 0.29) is 47.0 Å². The van der Waals surface area contributed by atoms with Gasteiger partial charge in [-0.15, -0.1) is 0 Å². The highest BCUT2D eigenvalue weighted by Crippen LogP contribution is 2.76. The van der Waals surface area contributed by atoms with E-state index in [1.807, 2.05) is 30.3 Å². The van der Waals surface area contributed by atoms with Gasteiger partial charge in [0.2, 0.25) is 0 Å². The van der Waals surface area contributed by atoms with Crippen LogP contribution in [0.15, 0.2) is 65.8 Å². The molecule has 10 unspecified atom stereocenters. The molecule has 7 aliphatic rings. The van der Waals surface area contributed by atoms with Gasteiger partial charge in [0.05, 0.1) is 18.6 Å². The van der Waals surface area contributed by atoms with E-state index in [4.69, 9.17) is 14.2 Å². The fourth-order valence-electron chi connectivity index (χ4n) is 16.6. The highest BCUT2D eigenvalue weighted by molar-refractivity contribution is 6.00. The van der Waals surface area contributed by atoms with Crippen molar-refractivity contribution in [3.63, 3.8) is 0 Å². The van der Waals surface area contributed by atoms with Crippen LogP contribution in [0.25, 0.3) is 0 Å². The fourth-order valence-corrected chi connectivity index (χ4v) is 16.6. The highest BCUT2D eigenvalue weighted by atomic mass is 19.1. The lowest BCUT2D eigenvalue weighted by molar-refractivity contribution is -0.221. The van der Waals surface area contributed by atoms with Gasteiger partial charge in [0.1, 0.15) is 13.3 Å². The lowest BCUT2D eigenvalue weighted by atomic mass is 9.33. The number of alkyl halides is 1. The zero-order valence-corrected chi connectivity index (χ0v) is 42.0. The second-order valence-electron chi connectivity index (χ2n) is 23.6. The first-order chi connectivity index (χ1) is 31.4. The molecule has 364 valence electrons. The maximum atomic E-state index is 14.8. The molecule has 1 aromatic rings. The number of hydrogen-bond acceptors (Lipinski definition) is 8. The predicted octanol–water partition coefficient (Wildman–Crippen LogP) is 11.5. The van der Waals surface area contributed by atoms with E-state index in [0.717, 1.165) is 25.1 Å². The molecule has 0 radical (unpaired) electrons. The van der Waals surface area contributed by atoms with Crippen LogP contribution in [0.3, 0.4) is 0 Å². The molecule has 5 fully saturated rings. The Labute approximate surface area is 396 Å². The van der Waals surface area contributed by atoms with Gasteiger partial charge < -0.3 is 24.4 Å². The van der Waals surface area contributed by atoms with Crippen LogP contribution in [0.5, 0.6) is 0 Å². The molecule has 1 heterocycles. The van der Waals surface area contributed by atoms with E-state index >= 15 is 0 Å². The van der Waals surface area contributed by atoms with Crippen molar-refractivity contribution in [2.24, 2.45) is 62.1 Å². The monoisotopic (exact) mass is 911 g/mol. The van der Waals surface area contributed by atoms with Crippen LogP contribution in [0.1, 0.15) is 151 Å². The summed E-state index contributed by atoms with van der Waals surface area (Å²) in [6, 6.07) is 9.66. The van der Waals surface area contributed by atoms with E-state index in [1.54, 1.807) is 13.8 Å². The second kappa shape index (κ2) is 18.6. The van der Waals surface area contributed by atoms with Gasteiger partial charge in [-0.3, -0.25) is 14.4 Å². The number of halogens is 1. The summed E-state index contributed by atoms with van der Waals surface area (Å²) in [7, 11) is 0. The maximum Gasteiger partial charge on any atom is 0.323 e. The minimum absolute atomic E-state index is 0.0307. The first-order valence-electron chi connectivity index (χ1n) is 26.0. The van der Waals surface area contributed by atoms with E-state index in [1.165, 1.54) is 68.1 Å². The molecule has 9 heteroatoms. The number of nitrogens with zero attached hydrogens (tertiary/aromatic N) is 1. The maximum absolute atomic E-state index is 14.8. The summed E-state index contributed by atoms with van der Waals surface area (Å²) in [5.74, 6) is 1.57. The van der Waals surface area contributed by atoms with Crippen LogP contribution in [-0.4, -0.2) is 74.4 Å². The topological polar surface area (TPSA) is 94.2 Å². The lowest BCUT2D eigenvalue weighted by Crippen LogP contribution is -2.68. The Morgan fingerprint density at radius 2 is 1.47 bits per heavy atom. The Bertz CT molecular complexity index is 2040. The zero-order chi connectivity index (χ0) is 47.3. The number of esters is 3. The van der Waals surface area contributed by atoms with Gasteiger partial charge >= 0.3 is 17.9 Å². The number of piperidine rings is 1. The largest absolute Gasteiger partial charge is 0.465 e. The molecule has 6 aliphatic carbocycles. The van der Waals surface area contributed by atoms with Gasteiger partial charge in [-0.05, 0) is 192 Å². The normalized spacial score (nSPS) is 38.0. The summed E-state index contributed by atoms with van der Waals surface area (Å²) in [4.78, 5) is 42.1. The van der Waals surface area contributed by atoms with Gasteiger partial charge in [0.15, 0.2) is 5.41 Å². The number of hydrogen-bond donors (Lipinski definition) is 1. The number of likely N-dealkylation sites (tertiary alicyclic amines) is 1. The third kappa shape index (κ3) is 7.98. The van der Waals surface area contributed by atoms with E-state index in [2.05, 4.69) is 70.5 Å². The number of benzene rings is 1. The number of ether oxygens (including phenoxy) is 3. The minimum atomic E-state index is -1.20. The van der Waals surface area contributed by atoms with Gasteiger partial charge in [0.25, 0.3) is 0 Å². The van der Waals surface area contributed by atoms with Crippen molar-refractivity contribution in [3.8, 4) is 0 Å². The van der Waals surface area contributed by atoms with Crippen molar-refractivity contribution < 1.29 is 33.0 Å². The number of rotatable bonds is 14. The van der Waals surface area contributed by atoms with Crippen LogP contribution in [0.4, 0.5) is 4.39 Å². The molecule has 66 heavy (non-hydrogen) atoms. The summed E-state index contributed by atoms with van der Waals surface area (Å²) < 4.78 is 31.4. The molecular formula is C57H83FN2O6. The van der Waals surface area contributed by atoms with Crippen LogP contribution in [-0.2, 0) is 35.2 Å². The van der Waals surface area contributed by atoms with Crippen molar-refractivity contribution in [2.45, 2.75) is 157 Å². The molecule has 0 spiro atoms. The van der Waals surface area contributed by atoms with Gasteiger partial charge in [-0.2, -0.15) is 0 Å². The van der Waals surface area contributed by atoms with Gasteiger partial charge in [-0.25, -0.2) is 4.39 Å². The first-order valence-corrected chi connectivity index (χ1v) is 26.0. The molecule has 0 amide bonds. The Hall–Kier alpha value is -3.30. The molecule has 1 aromatic carbocycles. The van der Waals surface area contributed by atoms with Crippen molar-refractivity contribution in [3.05, 3.63) is 71.3 Å². The quantitative estimate of drug-likeness (QED) is 0.0854. The van der Waals surface area contributed by atoms with Crippen molar-refractivity contribution in [1.29, 1.82) is 0 Å². The third-order valence-electron chi connectivity index (χ3n) is 20.5. The van der Waals surface area contributed by atoms with E-state index in [0.29, 0.717) is 74.8 Å². The molecule has 4 saturated carbocycles. The number of carbonyl (C=O) groups is 3. The number of fused-ring (bicyclic) bond motifs is 7. The molecule has 1 saturated heterocycles. The molecule has 10 atom stereocenters. The van der Waals surface area contributed by atoms with Crippen LogP contribution < -0.4 is 5.32 Å². The minimum Gasteiger partial charge on any atom is -0.465 e. The van der Waals surface area contributed by atoms with Crippen molar-refractivity contribution in [1.82, 2.24) is 10.2 Å². The van der Waals surface area contributed by atoms with Gasteiger partial charge in [-0.1, -0.05) is 89.3 Å². The number of carbonyl (C=O) groups excluding carboxylic acids is 3. The summed E-state index contributed by atoms with van der Waals surface area (Å²) >= 11 is 0. The predicted molar refractivity (Wildman–Crippen MR) is 259 cm³/mol. The molecular weight excluding hydrogens is 828 g/mol. The summed E-state index contributed by atoms with van der Waals surface area (Å²) in [6.07, 6.45) is 18.1. The molecule has 0 aromatic heterocycles. The van der Waals surface area contributed by atoms with Gasteiger partial charge in [0, 0.05) is 18.6 Å². The van der Waals surface area contributed by atoms with Crippen molar-refractivity contribution in [2.75, 3.05) is 46.1 Å². The zero-order valence-electron chi connectivity index (χ0n) is 42.0. The molecule has 0 bridgehead atoms. The summed E-state index contributed by atoms with van der Waals surface area (Å²) in [5, 5.41) is 4.27. The SMILES string of the molecule is C=C(C)C1CCC2(NCCN3CCC(C(=O)OCC)(C(=O)OCC)CC3)CCC3(C)C(CCC4C5(C)CC=C(C6=CCC(CF)(C(=O)OCc7ccccc7)CC6)C(C)(C)C5CCC43C)C12. The second-order valence-corrected chi connectivity index (χ2v) is 23.6. The Morgan fingerprint density at radius 1 is 0.773 bits per heavy atom. The number of allylic oxidation sites excluding steroid dienone is 5. The van der Waals surface area contributed by atoms with E-state index < -0.39 is 35.4 Å². The molecule has 1 N–H and O–H groups in total. The Morgan fingerprint density at radius 3 is 2.09 bits per heavy atom. The molecule has 8 nitrogen and oxygen atoms in total. The molecule has 8 rings (SSSR count). The van der Waals surface area contributed by atoms with Crippen LogP contribution >= 0.6 is 0 Å². The lowest BCUT2D eigenvalue weighted by Gasteiger charge is -2.72. The average molecular weight is 911 g/mol. The van der Waals surface area contributed by atoms with Crippen LogP contribution in [0, 0.1) is 62.1 Å². The standard InChI is InChI=1S/C57H83FN2O6/c1-10-64-49(62)56(50(63)65-11-2)31-34-60(35-32-56)36-33-59-57-28-21-42(39(3)4)47(57)44-17-18-46-52(7)24-22-43(51(5,6)45(52)23-25-54(46,9)53(44,8)29-30-57)41-19-26-55(38-58,27-20-41)48(61)66-37-40-15-13-12-14-16-40/h12-16,19,22,42,44-47,59H,3,10-11,17-18,20-21,23-38H2,1-2,4-9H3. The average Bonchev–Trinajstić information content (AvgIpc) is 3.69. The van der Waals surface area contributed by atoms with Crippen molar-refractivity contribution >= 4 is 17.9 Å². The summed E-state index contributed by atoms with van der Waals surface area (Å²) in [5.41, 5.74) is 3.38. The van der Waals surface area contributed by atoms with Crippen LogP contribution in [0.2, 0.25) is 0 Å². The smallest absolute Gasteiger partial charge is 0.323 e. The number of nitrogens with one attached hydrogen (secondary N) is 1. The summed E-state index contributed by atoms with van der Waals surface area (Å²) in [6.45, 7) is 26.6. The fraction of sp³-hybridized carbons (Fsp3) is 0.737. The molecule has 1 aliphatic heterocycles. The third-order valence-corrected chi connectivity index (χ3v) is 20.5. The first kappa shape index (κ1) is 49.1. The highest BCUT2D eigenvalue weighted by Gasteiger charge is 2.70.